The van der Waals surface area contributed by atoms with Gasteiger partial charge in [-0.2, -0.15) is 0 Å². The van der Waals surface area contributed by atoms with Crippen LogP contribution in [0.15, 0.2) is 60.0 Å². The number of ether oxygens (including phenoxy) is 2. The van der Waals surface area contributed by atoms with E-state index in [0.29, 0.717) is 27.9 Å². The zero-order valence-electron chi connectivity index (χ0n) is 20.7. The van der Waals surface area contributed by atoms with Crippen LogP contribution < -0.4 is 20.7 Å². The summed E-state index contributed by atoms with van der Waals surface area (Å²) in [6.07, 6.45) is 0. The van der Waals surface area contributed by atoms with E-state index in [1.54, 1.807) is 43.3 Å². The van der Waals surface area contributed by atoms with Crippen molar-refractivity contribution in [3.05, 3.63) is 70.8 Å². The summed E-state index contributed by atoms with van der Waals surface area (Å²) < 4.78 is 12.0. The molecule has 196 valence electrons. The summed E-state index contributed by atoms with van der Waals surface area (Å²) >= 11 is 7.86. The highest BCUT2D eigenvalue weighted by Crippen LogP contribution is 2.32. The molecule has 0 aliphatic heterocycles. The number of hydrogen-bond donors (Lipinski definition) is 3. The van der Waals surface area contributed by atoms with Gasteiger partial charge in [-0.25, -0.2) is 14.6 Å². The fourth-order valence-corrected chi connectivity index (χ4v) is 4.70. The number of benzene rings is 2. The molecule has 0 saturated heterocycles. The topological polar surface area (TPSA) is 124 Å². The van der Waals surface area contributed by atoms with E-state index in [0.717, 1.165) is 5.56 Å². The van der Waals surface area contributed by atoms with Crippen molar-refractivity contribution in [2.45, 2.75) is 13.8 Å². The molecule has 0 radical (unpaired) electrons. The summed E-state index contributed by atoms with van der Waals surface area (Å²) in [5.41, 5.74) is 2.74. The highest BCUT2D eigenvalue weighted by atomic mass is 35.5. The Kier molecular flexibility index (Phi) is 8.29. The van der Waals surface area contributed by atoms with Gasteiger partial charge in [0.1, 0.15) is 10.9 Å². The van der Waals surface area contributed by atoms with Gasteiger partial charge in [-0.05, 0) is 31.2 Å². The van der Waals surface area contributed by atoms with Crippen LogP contribution in [0.1, 0.15) is 24.3 Å². The van der Waals surface area contributed by atoms with Crippen molar-refractivity contribution >= 4 is 57.4 Å². The number of aromatic nitrogens is 2. The SMILES string of the molecule is CCOC(=O)c1c(NC(=O)Nc2ccccc2OC)cc(Cl)n1-c1ccc(-c2csc(NC(C)=O)n2)cc1. The van der Waals surface area contributed by atoms with E-state index >= 15 is 0 Å². The van der Waals surface area contributed by atoms with E-state index in [2.05, 4.69) is 20.9 Å². The second-order valence-corrected chi connectivity index (χ2v) is 9.08. The molecule has 0 saturated carbocycles. The molecule has 0 atom stereocenters. The molecule has 0 unspecified atom stereocenters. The first kappa shape index (κ1) is 26.7. The number of para-hydroxylation sites is 2. The Labute approximate surface area is 227 Å². The van der Waals surface area contributed by atoms with E-state index in [-0.39, 0.29) is 29.0 Å². The van der Waals surface area contributed by atoms with Crippen LogP contribution in [-0.2, 0) is 9.53 Å². The molecule has 0 spiro atoms. The summed E-state index contributed by atoms with van der Waals surface area (Å²) in [5, 5.41) is 10.6. The van der Waals surface area contributed by atoms with Crippen molar-refractivity contribution < 1.29 is 23.9 Å². The Morgan fingerprint density at radius 3 is 2.42 bits per heavy atom. The molecular weight excluding hydrogens is 530 g/mol. The monoisotopic (exact) mass is 553 g/mol. The maximum absolute atomic E-state index is 13.0. The Morgan fingerprint density at radius 2 is 1.74 bits per heavy atom. The Balaban J connectivity index is 1.63. The number of thiazole rings is 1. The fourth-order valence-electron chi connectivity index (χ4n) is 3.65. The lowest BCUT2D eigenvalue weighted by Crippen LogP contribution is -2.22. The van der Waals surface area contributed by atoms with Gasteiger partial charge in [0.2, 0.25) is 5.91 Å². The molecule has 3 amide bonds. The van der Waals surface area contributed by atoms with Crippen LogP contribution in [0.5, 0.6) is 5.75 Å². The molecule has 2 heterocycles. The summed E-state index contributed by atoms with van der Waals surface area (Å²) in [6, 6.07) is 15.0. The summed E-state index contributed by atoms with van der Waals surface area (Å²) in [4.78, 5) is 41.4. The number of halogens is 1. The second-order valence-electron chi connectivity index (χ2n) is 7.83. The van der Waals surface area contributed by atoms with Gasteiger partial charge in [-0.1, -0.05) is 35.9 Å². The molecular formula is C26H24ClN5O5S. The minimum atomic E-state index is -0.657. The number of urea groups is 1. The average molecular weight is 554 g/mol. The number of esters is 1. The first-order chi connectivity index (χ1) is 18.3. The lowest BCUT2D eigenvalue weighted by atomic mass is 10.1. The number of carbonyl (C=O) groups excluding carboxylic acids is 3. The predicted octanol–water partition coefficient (Wildman–Crippen LogP) is 6.04. The second kappa shape index (κ2) is 11.8. The standard InChI is InChI=1S/C26H24ClN5O5S/c1-4-37-24(34)23-19(30-25(35)29-18-7-5-6-8-21(18)36-3)13-22(27)32(23)17-11-9-16(10-12-17)20-14-38-26(31-20)28-15(2)33/h5-14H,4H2,1-3H3,(H,28,31,33)(H2,29,30,35). The van der Waals surface area contributed by atoms with E-state index in [1.165, 1.54) is 36.0 Å². The molecule has 3 N–H and O–H groups in total. The number of hydrogen-bond acceptors (Lipinski definition) is 7. The highest BCUT2D eigenvalue weighted by molar-refractivity contribution is 7.14. The van der Waals surface area contributed by atoms with E-state index in [1.807, 2.05) is 17.5 Å². The maximum Gasteiger partial charge on any atom is 0.357 e. The normalized spacial score (nSPS) is 10.5. The Hall–Kier alpha value is -4.35. The zero-order chi connectivity index (χ0) is 27.2. The molecule has 12 heteroatoms. The van der Waals surface area contributed by atoms with E-state index in [4.69, 9.17) is 21.1 Å². The fraction of sp³-hybridized carbons (Fsp3) is 0.154. The number of nitrogens with zero attached hydrogens (tertiary/aromatic N) is 2. The molecule has 0 aliphatic rings. The molecule has 2 aromatic carbocycles. The van der Waals surface area contributed by atoms with Gasteiger partial charge in [0.05, 0.1) is 30.8 Å². The molecule has 0 fully saturated rings. The molecule has 0 aliphatic carbocycles. The third-order valence-electron chi connectivity index (χ3n) is 5.24. The van der Waals surface area contributed by atoms with Gasteiger partial charge >= 0.3 is 12.0 Å². The van der Waals surface area contributed by atoms with E-state index < -0.39 is 12.0 Å². The van der Waals surface area contributed by atoms with Crippen LogP contribution >= 0.6 is 22.9 Å². The minimum absolute atomic E-state index is 0.0568. The maximum atomic E-state index is 13.0. The van der Waals surface area contributed by atoms with Crippen LogP contribution in [0, 0.1) is 0 Å². The van der Waals surface area contributed by atoms with Crippen LogP contribution in [0.4, 0.5) is 21.3 Å². The smallest absolute Gasteiger partial charge is 0.357 e. The van der Waals surface area contributed by atoms with Gasteiger partial charge in [0.25, 0.3) is 0 Å². The molecule has 4 rings (SSSR count). The van der Waals surface area contributed by atoms with Gasteiger partial charge in [-0.3, -0.25) is 9.36 Å². The lowest BCUT2D eigenvalue weighted by molar-refractivity contribution is -0.114. The van der Waals surface area contributed by atoms with Crippen LogP contribution in [0.2, 0.25) is 5.15 Å². The van der Waals surface area contributed by atoms with E-state index in [9.17, 15) is 14.4 Å². The quantitative estimate of drug-likeness (QED) is 0.228. The van der Waals surface area contributed by atoms with Crippen LogP contribution in [0.25, 0.3) is 16.9 Å². The van der Waals surface area contributed by atoms with Crippen molar-refractivity contribution in [1.82, 2.24) is 9.55 Å². The van der Waals surface area contributed by atoms with Crippen molar-refractivity contribution in [2.24, 2.45) is 0 Å². The molecule has 38 heavy (non-hydrogen) atoms. The van der Waals surface area contributed by atoms with Crippen molar-refractivity contribution in [3.63, 3.8) is 0 Å². The van der Waals surface area contributed by atoms with Crippen LogP contribution in [-0.4, -0.2) is 41.2 Å². The first-order valence-electron chi connectivity index (χ1n) is 11.4. The minimum Gasteiger partial charge on any atom is -0.495 e. The van der Waals surface area contributed by atoms with Gasteiger partial charge in [-0.15, -0.1) is 11.3 Å². The lowest BCUT2D eigenvalue weighted by Gasteiger charge is -2.13. The third kappa shape index (κ3) is 5.96. The van der Waals surface area contributed by atoms with Gasteiger partial charge < -0.3 is 25.4 Å². The number of methoxy groups -OCH3 is 1. The molecule has 0 bridgehead atoms. The number of rotatable bonds is 8. The number of carbonyl (C=O) groups is 3. The number of nitrogens with one attached hydrogen (secondary N) is 3. The molecule has 10 nitrogen and oxygen atoms in total. The Bertz CT molecular complexity index is 1480. The first-order valence-corrected chi connectivity index (χ1v) is 12.7. The summed E-state index contributed by atoms with van der Waals surface area (Å²) in [5.74, 6) is -0.375. The van der Waals surface area contributed by atoms with Gasteiger partial charge in [0.15, 0.2) is 10.8 Å². The largest absolute Gasteiger partial charge is 0.495 e. The third-order valence-corrected chi connectivity index (χ3v) is 6.27. The summed E-state index contributed by atoms with van der Waals surface area (Å²) in [7, 11) is 1.50. The Morgan fingerprint density at radius 1 is 1.03 bits per heavy atom. The average Bonchev–Trinajstić information content (AvgIpc) is 3.48. The van der Waals surface area contributed by atoms with Crippen molar-refractivity contribution in [2.75, 3.05) is 29.7 Å². The predicted molar refractivity (Wildman–Crippen MR) is 148 cm³/mol. The van der Waals surface area contributed by atoms with Crippen molar-refractivity contribution in [3.8, 4) is 22.7 Å². The molecule has 2 aromatic heterocycles. The van der Waals surface area contributed by atoms with Gasteiger partial charge in [0, 0.05) is 29.6 Å². The zero-order valence-corrected chi connectivity index (χ0v) is 22.3. The highest BCUT2D eigenvalue weighted by Gasteiger charge is 2.25. The summed E-state index contributed by atoms with van der Waals surface area (Å²) in [6.45, 7) is 3.24. The van der Waals surface area contributed by atoms with Crippen LogP contribution in [0.3, 0.4) is 0 Å². The van der Waals surface area contributed by atoms with Crippen molar-refractivity contribution in [1.29, 1.82) is 0 Å². The number of amides is 3. The number of anilines is 3. The molecule has 4 aromatic rings.